The van der Waals surface area contributed by atoms with Gasteiger partial charge in [-0.25, -0.2) is 0 Å². The second kappa shape index (κ2) is 7.04. The van der Waals surface area contributed by atoms with Crippen LogP contribution < -0.4 is 11.1 Å². The summed E-state index contributed by atoms with van der Waals surface area (Å²) in [5.41, 5.74) is 5.86. The topological polar surface area (TPSA) is 64.3 Å². The Morgan fingerprint density at radius 1 is 1.60 bits per heavy atom. The summed E-state index contributed by atoms with van der Waals surface area (Å²) in [6, 6.07) is 0.133. The van der Waals surface area contributed by atoms with Crippen molar-refractivity contribution in [3.8, 4) is 0 Å². The number of carbonyl (C=O) groups excluding carboxylic acids is 1. The summed E-state index contributed by atoms with van der Waals surface area (Å²) in [4.78, 5) is 11.4. The van der Waals surface area contributed by atoms with Gasteiger partial charge < -0.3 is 15.8 Å². The molecular weight excluding hydrogens is 216 g/mol. The highest BCUT2D eigenvalue weighted by Gasteiger charge is 2.28. The van der Waals surface area contributed by atoms with Gasteiger partial charge in [-0.2, -0.15) is 0 Å². The minimum atomic E-state index is -0.0913. The van der Waals surface area contributed by atoms with E-state index in [1.54, 1.807) is 7.11 Å². The molecule has 0 aromatic carbocycles. The molecule has 0 saturated heterocycles. The third-order valence-electron chi connectivity index (χ3n) is 2.60. The molecule has 0 spiro atoms. The summed E-state index contributed by atoms with van der Waals surface area (Å²) >= 11 is 0. The van der Waals surface area contributed by atoms with Gasteiger partial charge >= 0.3 is 0 Å². The summed E-state index contributed by atoms with van der Waals surface area (Å²) in [6.45, 7) is 2.91. The highest BCUT2D eigenvalue weighted by Crippen LogP contribution is 2.31. The molecule has 4 nitrogen and oxygen atoms in total. The Hall–Kier alpha value is -0.320. The fraction of sp³-hybridized carbons (Fsp3) is 0.900. The fourth-order valence-electron chi connectivity index (χ4n) is 1.41. The van der Waals surface area contributed by atoms with Crippen LogP contribution in [0.2, 0.25) is 0 Å². The van der Waals surface area contributed by atoms with Crippen molar-refractivity contribution in [3.63, 3.8) is 0 Å². The number of hydrogen-bond donors (Lipinski definition) is 2. The molecule has 0 aromatic heterocycles. The van der Waals surface area contributed by atoms with Crippen LogP contribution in [0.4, 0.5) is 0 Å². The smallest absolute Gasteiger partial charge is 0.225 e. The van der Waals surface area contributed by atoms with E-state index in [1.807, 2.05) is 6.92 Å². The normalized spacial score (nSPS) is 18.9. The van der Waals surface area contributed by atoms with Gasteiger partial charge in [0.25, 0.3) is 0 Å². The summed E-state index contributed by atoms with van der Waals surface area (Å²) in [6.07, 6.45) is 2.43. The van der Waals surface area contributed by atoms with Crippen molar-refractivity contribution in [1.82, 2.24) is 5.32 Å². The van der Waals surface area contributed by atoms with E-state index >= 15 is 0 Å². The molecule has 15 heavy (non-hydrogen) atoms. The van der Waals surface area contributed by atoms with Gasteiger partial charge in [-0.05, 0) is 18.8 Å². The predicted octanol–water partition coefficient (Wildman–Crippen LogP) is 0.544. The highest BCUT2D eigenvalue weighted by molar-refractivity contribution is 5.85. The number of rotatable bonds is 6. The first-order valence-electron chi connectivity index (χ1n) is 5.17. The molecule has 0 heterocycles. The van der Waals surface area contributed by atoms with Crippen LogP contribution >= 0.6 is 12.4 Å². The quantitative estimate of drug-likeness (QED) is 0.708. The Labute approximate surface area is 97.3 Å². The second-order valence-electron chi connectivity index (χ2n) is 4.10. The average Bonchev–Trinajstić information content (AvgIpc) is 2.97. The predicted molar refractivity (Wildman–Crippen MR) is 62.0 cm³/mol. The van der Waals surface area contributed by atoms with Crippen LogP contribution in [-0.2, 0) is 9.53 Å². The second-order valence-corrected chi connectivity index (χ2v) is 4.10. The maximum atomic E-state index is 11.4. The van der Waals surface area contributed by atoms with Crippen molar-refractivity contribution in [2.45, 2.75) is 25.8 Å². The molecule has 1 fully saturated rings. The van der Waals surface area contributed by atoms with Crippen molar-refractivity contribution in [3.05, 3.63) is 0 Å². The number of nitrogens with two attached hydrogens (primary N) is 1. The minimum Gasteiger partial charge on any atom is -0.384 e. The molecule has 0 aromatic rings. The number of amides is 1. The van der Waals surface area contributed by atoms with Gasteiger partial charge in [-0.3, -0.25) is 4.79 Å². The van der Waals surface area contributed by atoms with E-state index in [1.165, 1.54) is 12.8 Å². The molecule has 5 heteroatoms. The van der Waals surface area contributed by atoms with Crippen LogP contribution in [0.25, 0.3) is 0 Å². The summed E-state index contributed by atoms with van der Waals surface area (Å²) in [7, 11) is 1.60. The monoisotopic (exact) mass is 236 g/mol. The Kier molecular flexibility index (Phi) is 6.89. The third kappa shape index (κ3) is 5.35. The first kappa shape index (κ1) is 14.7. The van der Waals surface area contributed by atoms with Gasteiger partial charge in [-0.1, -0.05) is 6.92 Å². The number of methoxy groups -OCH3 is 1. The maximum Gasteiger partial charge on any atom is 0.225 e. The van der Waals surface area contributed by atoms with Crippen LogP contribution in [0.3, 0.4) is 0 Å². The molecule has 3 N–H and O–H groups in total. The lowest BCUT2D eigenvalue weighted by molar-refractivity contribution is -0.126. The lowest BCUT2D eigenvalue weighted by atomic mass is 10.1. The number of ether oxygens (including phenoxy) is 1. The summed E-state index contributed by atoms with van der Waals surface area (Å²) < 4.78 is 4.90. The first-order chi connectivity index (χ1) is 6.65. The maximum absolute atomic E-state index is 11.4. The van der Waals surface area contributed by atoms with Crippen LogP contribution in [0, 0.1) is 11.8 Å². The van der Waals surface area contributed by atoms with Crippen LogP contribution in [0.1, 0.15) is 19.8 Å². The first-order valence-corrected chi connectivity index (χ1v) is 5.17. The lowest BCUT2D eigenvalue weighted by Crippen LogP contribution is -2.41. The van der Waals surface area contributed by atoms with E-state index < -0.39 is 0 Å². The Morgan fingerprint density at radius 2 is 2.20 bits per heavy atom. The van der Waals surface area contributed by atoms with Crippen LogP contribution in [-0.4, -0.2) is 32.2 Å². The summed E-state index contributed by atoms with van der Waals surface area (Å²) in [5, 5.41) is 2.84. The van der Waals surface area contributed by atoms with Crippen LogP contribution in [0.5, 0.6) is 0 Å². The molecule has 1 saturated carbocycles. The molecular formula is C10H21ClN2O2. The molecule has 90 valence electrons. The molecule has 1 aliphatic carbocycles. The standard InChI is InChI=1S/C10H20N2O2.ClH/c1-7(6-14-2)10(13)12-5-9(11)8-3-4-8;/h7-9H,3-6,11H2,1-2H3,(H,12,13);1H. The SMILES string of the molecule is COCC(C)C(=O)NCC(N)C1CC1.Cl. The van der Waals surface area contributed by atoms with Crippen molar-refractivity contribution in [2.75, 3.05) is 20.3 Å². The summed E-state index contributed by atoms with van der Waals surface area (Å²) in [5.74, 6) is 0.572. The van der Waals surface area contributed by atoms with Gasteiger partial charge in [0.15, 0.2) is 0 Å². The number of hydrogen-bond acceptors (Lipinski definition) is 3. The molecule has 1 aliphatic rings. The van der Waals surface area contributed by atoms with Crippen molar-refractivity contribution in [1.29, 1.82) is 0 Å². The molecule has 0 bridgehead atoms. The Bertz CT molecular complexity index is 198. The molecule has 0 aliphatic heterocycles. The van der Waals surface area contributed by atoms with Crippen molar-refractivity contribution < 1.29 is 9.53 Å². The molecule has 0 radical (unpaired) electrons. The largest absolute Gasteiger partial charge is 0.384 e. The average molecular weight is 237 g/mol. The van der Waals surface area contributed by atoms with E-state index in [0.717, 1.165) is 0 Å². The van der Waals surface area contributed by atoms with Gasteiger partial charge in [0, 0.05) is 19.7 Å². The van der Waals surface area contributed by atoms with E-state index in [2.05, 4.69) is 5.32 Å². The number of nitrogens with one attached hydrogen (secondary N) is 1. The third-order valence-corrected chi connectivity index (χ3v) is 2.60. The lowest BCUT2D eigenvalue weighted by Gasteiger charge is -2.14. The Morgan fingerprint density at radius 3 is 2.67 bits per heavy atom. The number of carbonyl (C=O) groups is 1. The van der Waals surface area contributed by atoms with Crippen LogP contribution in [0.15, 0.2) is 0 Å². The fourth-order valence-corrected chi connectivity index (χ4v) is 1.41. The molecule has 1 rings (SSSR count). The zero-order valence-electron chi connectivity index (χ0n) is 9.36. The van der Waals surface area contributed by atoms with E-state index in [-0.39, 0.29) is 30.3 Å². The molecule has 2 atom stereocenters. The molecule has 2 unspecified atom stereocenters. The Balaban J connectivity index is 0.00000196. The zero-order chi connectivity index (χ0) is 10.6. The van der Waals surface area contributed by atoms with E-state index in [4.69, 9.17) is 10.5 Å². The van der Waals surface area contributed by atoms with Gasteiger partial charge in [0.05, 0.1) is 12.5 Å². The highest BCUT2D eigenvalue weighted by atomic mass is 35.5. The zero-order valence-corrected chi connectivity index (χ0v) is 10.2. The van der Waals surface area contributed by atoms with Crippen molar-refractivity contribution >= 4 is 18.3 Å². The van der Waals surface area contributed by atoms with Gasteiger partial charge in [0.1, 0.15) is 0 Å². The van der Waals surface area contributed by atoms with E-state index in [9.17, 15) is 4.79 Å². The molecule has 1 amide bonds. The number of halogens is 1. The van der Waals surface area contributed by atoms with Gasteiger partial charge in [-0.15, -0.1) is 12.4 Å². The van der Waals surface area contributed by atoms with E-state index in [0.29, 0.717) is 19.1 Å². The minimum absolute atomic E-state index is 0. The van der Waals surface area contributed by atoms with Crippen molar-refractivity contribution in [2.24, 2.45) is 17.6 Å². The van der Waals surface area contributed by atoms with Gasteiger partial charge in [0.2, 0.25) is 5.91 Å².